The lowest BCUT2D eigenvalue weighted by atomic mass is 10.1. The molecule has 2 nitrogen and oxygen atoms in total. The van der Waals surface area contributed by atoms with Crippen molar-refractivity contribution in [1.82, 2.24) is 4.90 Å². The summed E-state index contributed by atoms with van der Waals surface area (Å²) in [7, 11) is 0. The van der Waals surface area contributed by atoms with Gasteiger partial charge in [0.2, 0.25) is 5.91 Å². The van der Waals surface area contributed by atoms with E-state index in [9.17, 15) is 4.79 Å². The Morgan fingerprint density at radius 2 is 2.33 bits per heavy atom. The first kappa shape index (κ1) is 13.8. The van der Waals surface area contributed by atoms with Gasteiger partial charge in [-0.15, -0.1) is 11.8 Å². The summed E-state index contributed by atoms with van der Waals surface area (Å²) in [5, 5.41) is 0.867. The summed E-state index contributed by atoms with van der Waals surface area (Å²) in [5.74, 6) is 1.66. The minimum absolute atomic E-state index is 0.134. The third kappa shape index (κ3) is 3.21. The molecule has 0 aliphatic carbocycles. The molecule has 1 aromatic rings. The summed E-state index contributed by atoms with van der Waals surface area (Å²) in [6.07, 6.45) is 0.623. The number of nitrogens with zero attached hydrogens (tertiary/aromatic N) is 1. The molecule has 4 heteroatoms. The molecule has 98 valence electrons. The largest absolute Gasteiger partial charge is 0.326 e. The van der Waals surface area contributed by atoms with Gasteiger partial charge < -0.3 is 4.90 Å². The van der Waals surface area contributed by atoms with E-state index in [1.54, 1.807) is 0 Å². The molecule has 18 heavy (non-hydrogen) atoms. The van der Waals surface area contributed by atoms with Crippen LogP contribution < -0.4 is 0 Å². The van der Waals surface area contributed by atoms with Gasteiger partial charge in [0.15, 0.2) is 0 Å². The summed E-state index contributed by atoms with van der Waals surface area (Å²) < 4.78 is 0. The van der Waals surface area contributed by atoms with Gasteiger partial charge in [0.1, 0.15) is 5.37 Å². The standard InChI is InChI=1S/C14H18ClNOS/c1-10(2)8-13(17)16-6-7-18-14(16)11-4-3-5-12(15)9-11/h3-5,9-10,14H,6-8H2,1-2H3/t14-/m1/s1. The number of thioether (sulfide) groups is 1. The second-order valence-electron chi connectivity index (χ2n) is 4.96. The molecular weight excluding hydrogens is 266 g/mol. The van der Waals surface area contributed by atoms with E-state index >= 15 is 0 Å². The van der Waals surface area contributed by atoms with Crippen molar-refractivity contribution < 1.29 is 4.79 Å². The molecule has 1 aliphatic rings. The molecule has 1 fully saturated rings. The third-order valence-electron chi connectivity index (χ3n) is 2.93. The van der Waals surface area contributed by atoms with Gasteiger partial charge in [-0.1, -0.05) is 37.6 Å². The van der Waals surface area contributed by atoms with Gasteiger partial charge in [0.25, 0.3) is 0 Å². The number of hydrogen-bond donors (Lipinski definition) is 0. The van der Waals surface area contributed by atoms with Crippen molar-refractivity contribution in [3.8, 4) is 0 Å². The summed E-state index contributed by atoms with van der Waals surface area (Å²) in [6, 6.07) is 7.82. The minimum atomic E-state index is 0.134. The normalized spacial score (nSPS) is 19.6. The maximum absolute atomic E-state index is 12.2. The Morgan fingerprint density at radius 3 is 3.00 bits per heavy atom. The van der Waals surface area contributed by atoms with Crippen LogP contribution in [0.1, 0.15) is 31.2 Å². The fourth-order valence-electron chi connectivity index (χ4n) is 2.13. The van der Waals surface area contributed by atoms with Crippen molar-refractivity contribution in [2.24, 2.45) is 5.92 Å². The van der Waals surface area contributed by atoms with Crippen LogP contribution in [0.4, 0.5) is 0 Å². The van der Waals surface area contributed by atoms with Crippen molar-refractivity contribution in [1.29, 1.82) is 0 Å². The second-order valence-corrected chi connectivity index (χ2v) is 6.59. The lowest BCUT2D eigenvalue weighted by Crippen LogP contribution is -2.31. The molecule has 1 aromatic carbocycles. The monoisotopic (exact) mass is 283 g/mol. The number of benzene rings is 1. The van der Waals surface area contributed by atoms with E-state index in [2.05, 4.69) is 13.8 Å². The number of halogens is 1. The second kappa shape index (κ2) is 5.98. The van der Waals surface area contributed by atoms with Crippen LogP contribution in [0.2, 0.25) is 5.02 Å². The molecule has 0 radical (unpaired) electrons. The summed E-state index contributed by atoms with van der Waals surface area (Å²) in [5.41, 5.74) is 1.13. The highest BCUT2D eigenvalue weighted by molar-refractivity contribution is 7.99. The SMILES string of the molecule is CC(C)CC(=O)N1CCS[C@@H]1c1cccc(Cl)c1. The van der Waals surface area contributed by atoms with Crippen LogP contribution in [0.3, 0.4) is 0 Å². The van der Waals surface area contributed by atoms with Gasteiger partial charge in [-0.2, -0.15) is 0 Å². The number of carbonyl (C=O) groups is 1. The first-order chi connectivity index (χ1) is 8.58. The predicted molar refractivity (Wildman–Crippen MR) is 77.8 cm³/mol. The Morgan fingerprint density at radius 1 is 1.56 bits per heavy atom. The van der Waals surface area contributed by atoms with Crippen LogP contribution >= 0.6 is 23.4 Å². The predicted octanol–water partition coefficient (Wildman–Crippen LogP) is 3.96. The number of rotatable bonds is 3. The molecule has 0 N–H and O–H groups in total. The van der Waals surface area contributed by atoms with Crippen LogP contribution in [0, 0.1) is 5.92 Å². The highest BCUT2D eigenvalue weighted by Crippen LogP contribution is 2.39. The smallest absolute Gasteiger partial charge is 0.224 e. The van der Waals surface area contributed by atoms with Crippen molar-refractivity contribution in [3.63, 3.8) is 0 Å². The molecule has 0 unspecified atom stereocenters. The number of carbonyl (C=O) groups excluding carboxylic acids is 1. The van der Waals surface area contributed by atoms with E-state index in [-0.39, 0.29) is 11.3 Å². The molecule has 1 amide bonds. The van der Waals surface area contributed by atoms with Crippen molar-refractivity contribution in [2.45, 2.75) is 25.6 Å². The zero-order valence-corrected chi connectivity index (χ0v) is 12.3. The molecule has 1 atom stereocenters. The molecule has 0 saturated carbocycles. The van der Waals surface area contributed by atoms with E-state index < -0.39 is 0 Å². The fourth-order valence-corrected chi connectivity index (χ4v) is 3.59. The zero-order valence-electron chi connectivity index (χ0n) is 10.7. The number of hydrogen-bond acceptors (Lipinski definition) is 2. The van der Waals surface area contributed by atoms with Gasteiger partial charge in [-0.05, 0) is 23.6 Å². The molecule has 1 heterocycles. The average Bonchev–Trinajstić information content (AvgIpc) is 2.76. The Bertz CT molecular complexity index is 436. The van der Waals surface area contributed by atoms with E-state index in [4.69, 9.17) is 11.6 Å². The van der Waals surface area contributed by atoms with E-state index in [1.807, 2.05) is 40.9 Å². The molecule has 0 spiro atoms. The maximum atomic E-state index is 12.2. The van der Waals surface area contributed by atoms with Crippen LogP contribution in [0.5, 0.6) is 0 Å². The average molecular weight is 284 g/mol. The Labute approximate surface area is 118 Å². The third-order valence-corrected chi connectivity index (χ3v) is 4.42. The first-order valence-corrected chi connectivity index (χ1v) is 7.67. The van der Waals surface area contributed by atoms with Gasteiger partial charge in [-0.25, -0.2) is 0 Å². The highest BCUT2D eigenvalue weighted by atomic mass is 35.5. The van der Waals surface area contributed by atoms with Crippen molar-refractivity contribution in [2.75, 3.05) is 12.3 Å². The van der Waals surface area contributed by atoms with Crippen molar-refractivity contribution >= 4 is 29.3 Å². The fraction of sp³-hybridized carbons (Fsp3) is 0.500. The van der Waals surface area contributed by atoms with Crippen LogP contribution in [-0.2, 0) is 4.79 Å². The molecule has 0 aromatic heterocycles. The van der Waals surface area contributed by atoms with Gasteiger partial charge in [0, 0.05) is 23.7 Å². The van der Waals surface area contributed by atoms with Crippen LogP contribution in [-0.4, -0.2) is 23.1 Å². The van der Waals surface area contributed by atoms with Crippen molar-refractivity contribution in [3.05, 3.63) is 34.9 Å². The van der Waals surface area contributed by atoms with E-state index in [1.165, 1.54) is 0 Å². The Hall–Kier alpha value is -0.670. The molecule has 0 bridgehead atoms. The summed E-state index contributed by atoms with van der Waals surface area (Å²) in [4.78, 5) is 14.2. The molecule has 1 aliphatic heterocycles. The summed E-state index contributed by atoms with van der Waals surface area (Å²) in [6.45, 7) is 5.00. The van der Waals surface area contributed by atoms with Gasteiger partial charge >= 0.3 is 0 Å². The molecular formula is C14H18ClNOS. The zero-order chi connectivity index (χ0) is 13.1. The topological polar surface area (TPSA) is 20.3 Å². The van der Waals surface area contributed by atoms with Crippen LogP contribution in [0.25, 0.3) is 0 Å². The highest BCUT2D eigenvalue weighted by Gasteiger charge is 2.30. The molecule has 1 saturated heterocycles. The quantitative estimate of drug-likeness (QED) is 0.837. The summed E-state index contributed by atoms with van der Waals surface area (Å²) >= 11 is 7.84. The lowest BCUT2D eigenvalue weighted by molar-refractivity contribution is -0.132. The van der Waals surface area contributed by atoms with E-state index in [0.29, 0.717) is 12.3 Å². The Balaban J connectivity index is 2.14. The molecule has 2 rings (SSSR count). The number of amides is 1. The minimum Gasteiger partial charge on any atom is -0.326 e. The lowest BCUT2D eigenvalue weighted by Gasteiger charge is -2.25. The van der Waals surface area contributed by atoms with Crippen LogP contribution in [0.15, 0.2) is 24.3 Å². The van der Waals surface area contributed by atoms with Gasteiger partial charge in [0.05, 0.1) is 0 Å². The Kier molecular flexibility index (Phi) is 4.57. The maximum Gasteiger partial charge on any atom is 0.224 e. The first-order valence-electron chi connectivity index (χ1n) is 6.24. The van der Waals surface area contributed by atoms with E-state index in [0.717, 1.165) is 22.9 Å². The van der Waals surface area contributed by atoms with Gasteiger partial charge in [-0.3, -0.25) is 4.79 Å².